The highest BCUT2D eigenvalue weighted by Crippen LogP contribution is 2.22. The predicted molar refractivity (Wildman–Crippen MR) is 68.8 cm³/mol. The van der Waals surface area contributed by atoms with Crippen molar-refractivity contribution in [3.8, 4) is 5.75 Å². The Morgan fingerprint density at radius 1 is 1.29 bits per heavy atom. The van der Waals surface area contributed by atoms with E-state index in [1.807, 2.05) is 18.2 Å². The van der Waals surface area contributed by atoms with Crippen molar-refractivity contribution in [2.45, 2.75) is 0 Å². The van der Waals surface area contributed by atoms with Gasteiger partial charge in [-0.05, 0) is 12.1 Å². The van der Waals surface area contributed by atoms with Crippen molar-refractivity contribution < 1.29 is 20.1 Å². The Morgan fingerprint density at radius 2 is 2.00 bits per heavy atom. The van der Waals surface area contributed by atoms with Gasteiger partial charge in [0.25, 0.3) is 0 Å². The van der Waals surface area contributed by atoms with Gasteiger partial charge in [0, 0.05) is 11.6 Å². The third kappa shape index (κ3) is 3.69. The molecule has 0 bridgehead atoms. The van der Waals surface area contributed by atoms with Gasteiger partial charge in [0.1, 0.15) is 11.3 Å². The van der Waals surface area contributed by atoms with Crippen LogP contribution in [0.4, 0.5) is 0 Å². The van der Waals surface area contributed by atoms with E-state index in [9.17, 15) is 4.79 Å². The van der Waals surface area contributed by atoms with Gasteiger partial charge in [0.2, 0.25) is 0 Å². The minimum absolute atomic E-state index is 0. The number of hydrogen-bond acceptors (Lipinski definition) is 3. The van der Waals surface area contributed by atoms with Crippen LogP contribution in [0.3, 0.4) is 0 Å². The first-order valence-corrected chi connectivity index (χ1v) is 4.46. The van der Waals surface area contributed by atoms with Crippen LogP contribution in [0.15, 0.2) is 36.5 Å². The SMILES string of the molecule is Br.O.O=C(O)COc1cccc2cccnc12. The summed E-state index contributed by atoms with van der Waals surface area (Å²) in [7, 11) is 0. The Balaban J connectivity index is 0.00000128. The lowest BCUT2D eigenvalue weighted by Crippen LogP contribution is -2.09. The standard InChI is InChI=1S/C11H9NO3.BrH.H2O/c13-10(14)7-15-9-5-1-3-8-4-2-6-12-11(8)9;;/h1-6H,7H2,(H,13,14);1H;1H2. The van der Waals surface area contributed by atoms with Gasteiger partial charge in [-0.1, -0.05) is 18.2 Å². The van der Waals surface area contributed by atoms with Crippen LogP contribution in [-0.2, 0) is 4.79 Å². The molecule has 0 unspecified atom stereocenters. The van der Waals surface area contributed by atoms with Crippen molar-refractivity contribution >= 4 is 33.9 Å². The second-order valence-electron chi connectivity index (χ2n) is 3.01. The van der Waals surface area contributed by atoms with Gasteiger partial charge in [-0.2, -0.15) is 0 Å². The Kier molecular flexibility index (Phi) is 6.16. The third-order valence-corrected chi connectivity index (χ3v) is 1.95. The molecule has 0 saturated heterocycles. The molecule has 0 aliphatic rings. The zero-order valence-electron chi connectivity index (χ0n) is 8.79. The number of fused-ring (bicyclic) bond motifs is 1. The van der Waals surface area contributed by atoms with Gasteiger partial charge in [-0.25, -0.2) is 4.79 Å². The van der Waals surface area contributed by atoms with Crippen LogP contribution in [0, 0.1) is 0 Å². The maximum absolute atomic E-state index is 10.4. The number of halogens is 1. The first-order chi connectivity index (χ1) is 7.27. The maximum Gasteiger partial charge on any atom is 0.341 e. The molecule has 1 heterocycles. The van der Waals surface area contributed by atoms with E-state index in [1.165, 1.54) is 0 Å². The highest BCUT2D eigenvalue weighted by atomic mass is 79.9. The van der Waals surface area contributed by atoms with Crippen LogP contribution in [0.2, 0.25) is 0 Å². The minimum atomic E-state index is -0.997. The van der Waals surface area contributed by atoms with E-state index in [2.05, 4.69) is 4.98 Å². The number of carboxylic acid groups (broad SMARTS) is 1. The van der Waals surface area contributed by atoms with Crippen LogP contribution < -0.4 is 4.74 Å². The summed E-state index contributed by atoms with van der Waals surface area (Å²) < 4.78 is 5.12. The minimum Gasteiger partial charge on any atom is -0.480 e. The molecule has 1 aromatic carbocycles. The number of nitrogens with zero attached hydrogens (tertiary/aromatic N) is 1. The van der Waals surface area contributed by atoms with Crippen LogP contribution >= 0.6 is 17.0 Å². The average Bonchev–Trinajstić information content (AvgIpc) is 2.26. The second kappa shape index (κ2) is 6.82. The number of para-hydroxylation sites is 1. The number of aliphatic carboxylic acids is 1. The van der Waals surface area contributed by atoms with E-state index in [0.717, 1.165) is 5.39 Å². The van der Waals surface area contributed by atoms with Gasteiger partial charge in [0.05, 0.1) is 0 Å². The van der Waals surface area contributed by atoms with E-state index in [0.29, 0.717) is 11.3 Å². The van der Waals surface area contributed by atoms with E-state index < -0.39 is 5.97 Å². The number of carboxylic acids is 1. The molecule has 17 heavy (non-hydrogen) atoms. The Hall–Kier alpha value is -1.66. The van der Waals surface area contributed by atoms with Crippen LogP contribution in [0.1, 0.15) is 0 Å². The molecule has 0 atom stereocenters. The average molecular weight is 302 g/mol. The first-order valence-electron chi connectivity index (χ1n) is 4.46. The van der Waals surface area contributed by atoms with E-state index in [1.54, 1.807) is 18.3 Å². The zero-order valence-corrected chi connectivity index (χ0v) is 10.5. The number of ether oxygens (including phenoxy) is 1. The van der Waals surface area contributed by atoms with Gasteiger partial charge < -0.3 is 15.3 Å². The van der Waals surface area contributed by atoms with Crippen molar-refractivity contribution in [1.82, 2.24) is 4.98 Å². The number of pyridine rings is 1. The molecule has 0 aliphatic heterocycles. The Bertz CT molecular complexity index is 498. The lowest BCUT2D eigenvalue weighted by molar-refractivity contribution is -0.139. The summed E-state index contributed by atoms with van der Waals surface area (Å²) in [6, 6.07) is 9.13. The number of aromatic nitrogens is 1. The van der Waals surface area contributed by atoms with E-state index >= 15 is 0 Å². The number of rotatable bonds is 3. The molecule has 0 fully saturated rings. The fourth-order valence-electron chi connectivity index (χ4n) is 1.33. The second-order valence-corrected chi connectivity index (χ2v) is 3.01. The van der Waals surface area contributed by atoms with Crippen LogP contribution in [-0.4, -0.2) is 28.1 Å². The summed E-state index contributed by atoms with van der Waals surface area (Å²) in [5, 5.41) is 9.43. The largest absolute Gasteiger partial charge is 0.480 e. The smallest absolute Gasteiger partial charge is 0.341 e. The monoisotopic (exact) mass is 301 g/mol. The fraction of sp³-hybridized carbons (Fsp3) is 0.0909. The van der Waals surface area contributed by atoms with Crippen molar-refractivity contribution in [3.63, 3.8) is 0 Å². The molecular weight excluding hydrogens is 290 g/mol. The summed E-state index contributed by atoms with van der Waals surface area (Å²) in [6.07, 6.45) is 1.65. The fourth-order valence-corrected chi connectivity index (χ4v) is 1.33. The van der Waals surface area contributed by atoms with Gasteiger partial charge in [-0.3, -0.25) is 4.98 Å². The predicted octanol–water partition coefficient (Wildman–Crippen LogP) is 1.45. The van der Waals surface area contributed by atoms with Crippen molar-refractivity contribution in [3.05, 3.63) is 36.5 Å². The molecule has 2 aromatic rings. The molecule has 6 heteroatoms. The molecule has 2 rings (SSSR count). The molecular formula is C11H12BrNO4. The number of hydrogen-bond donors (Lipinski definition) is 1. The van der Waals surface area contributed by atoms with Crippen LogP contribution in [0.25, 0.3) is 10.9 Å². The molecule has 1 aromatic heterocycles. The van der Waals surface area contributed by atoms with Crippen molar-refractivity contribution in [1.29, 1.82) is 0 Å². The molecule has 0 aliphatic carbocycles. The third-order valence-electron chi connectivity index (χ3n) is 1.95. The summed E-state index contributed by atoms with van der Waals surface area (Å²) in [6.45, 7) is -0.352. The highest BCUT2D eigenvalue weighted by molar-refractivity contribution is 8.93. The molecule has 0 spiro atoms. The van der Waals surface area contributed by atoms with Crippen molar-refractivity contribution in [2.75, 3.05) is 6.61 Å². The van der Waals surface area contributed by atoms with Gasteiger partial charge >= 0.3 is 5.97 Å². The topological polar surface area (TPSA) is 90.9 Å². The summed E-state index contributed by atoms with van der Waals surface area (Å²) in [4.78, 5) is 14.5. The Labute approximate surface area is 108 Å². The summed E-state index contributed by atoms with van der Waals surface area (Å²) in [5.74, 6) is -0.501. The van der Waals surface area contributed by atoms with Gasteiger partial charge in [-0.15, -0.1) is 17.0 Å². The van der Waals surface area contributed by atoms with E-state index in [4.69, 9.17) is 9.84 Å². The zero-order chi connectivity index (χ0) is 10.7. The quantitative estimate of drug-likeness (QED) is 0.929. The van der Waals surface area contributed by atoms with Gasteiger partial charge in [0.15, 0.2) is 6.61 Å². The maximum atomic E-state index is 10.4. The normalized spacial score (nSPS) is 8.94. The molecule has 5 nitrogen and oxygen atoms in total. The van der Waals surface area contributed by atoms with Crippen LogP contribution in [0.5, 0.6) is 5.75 Å². The lowest BCUT2D eigenvalue weighted by Gasteiger charge is -2.05. The summed E-state index contributed by atoms with van der Waals surface area (Å²) >= 11 is 0. The van der Waals surface area contributed by atoms with Crippen molar-refractivity contribution in [2.24, 2.45) is 0 Å². The lowest BCUT2D eigenvalue weighted by atomic mass is 10.2. The molecule has 92 valence electrons. The highest BCUT2D eigenvalue weighted by Gasteiger charge is 2.04. The summed E-state index contributed by atoms with van der Waals surface area (Å²) in [5.41, 5.74) is 0.682. The molecule has 0 saturated carbocycles. The number of benzene rings is 1. The first kappa shape index (κ1) is 15.3. The number of carbonyl (C=O) groups is 1. The molecule has 3 N–H and O–H groups in total. The molecule has 0 radical (unpaired) electrons. The molecule has 0 amide bonds. The Morgan fingerprint density at radius 3 is 2.71 bits per heavy atom. The van der Waals surface area contributed by atoms with E-state index in [-0.39, 0.29) is 29.1 Å².